The molecule has 300 valence electrons. The lowest BCUT2D eigenvalue weighted by atomic mass is 9.99. The van der Waals surface area contributed by atoms with Crippen LogP contribution in [-0.4, -0.2) is 71.1 Å². The Morgan fingerprint density at radius 3 is 2.36 bits per heavy atom. The molecule has 0 bridgehead atoms. The maximum atomic E-state index is 13.3. The number of hydrogen-bond donors (Lipinski definition) is 3. The smallest absolute Gasteiger partial charge is 0.408 e. The zero-order chi connectivity index (χ0) is 40.7. The molecule has 0 saturated carbocycles. The topological polar surface area (TPSA) is 178 Å². The molecule has 0 radical (unpaired) electrons. The number of aromatic hydroxyl groups is 1. The van der Waals surface area contributed by atoms with Crippen molar-refractivity contribution in [2.24, 2.45) is 0 Å². The first kappa shape index (κ1) is 39.4. The van der Waals surface area contributed by atoms with Gasteiger partial charge in [0.1, 0.15) is 18.4 Å². The summed E-state index contributed by atoms with van der Waals surface area (Å²) in [5.41, 5.74) is 6.55. The molecule has 2 fully saturated rings. The lowest BCUT2D eigenvalue weighted by Crippen LogP contribution is -2.41. The number of imide groups is 1. The van der Waals surface area contributed by atoms with Crippen molar-refractivity contribution in [1.82, 2.24) is 30.4 Å². The summed E-state index contributed by atoms with van der Waals surface area (Å²) in [7, 11) is 0. The van der Waals surface area contributed by atoms with Crippen LogP contribution in [-0.2, 0) is 43.6 Å². The van der Waals surface area contributed by atoms with Crippen LogP contribution in [0.3, 0.4) is 0 Å². The highest BCUT2D eigenvalue weighted by Gasteiger charge is 2.40. The third kappa shape index (κ3) is 9.50. The third-order valence-electron chi connectivity index (χ3n) is 10.1. The number of carbonyl (C=O) groups excluding carboxylic acids is 3. The molecule has 14 nitrogen and oxygen atoms in total. The van der Waals surface area contributed by atoms with Crippen LogP contribution >= 0.6 is 11.8 Å². The molecule has 2 aliphatic rings. The van der Waals surface area contributed by atoms with E-state index in [-0.39, 0.29) is 50.0 Å². The molecule has 2 aliphatic heterocycles. The Balaban J connectivity index is 0.958. The molecule has 4 unspecified atom stereocenters. The minimum absolute atomic E-state index is 0.0450. The Hall–Kier alpha value is -6.39. The van der Waals surface area contributed by atoms with Crippen LogP contribution < -0.4 is 5.32 Å². The van der Waals surface area contributed by atoms with E-state index < -0.39 is 24.3 Å². The zero-order valence-electron chi connectivity index (χ0n) is 31.7. The molecule has 0 aliphatic carbocycles. The van der Waals surface area contributed by atoms with E-state index in [1.54, 1.807) is 28.9 Å². The number of carbonyl (C=O) groups is 3. The first-order valence-corrected chi connectivity index (χ1v) is 20.0. The van der Waals surface area contributed by atoms with Crippen LogP contribution in [0.25, 0.3) is 16.8 Å². The van der Waals surface area contributed by atoms with Crippen LogP contribution in [0.4, 0.5) is 4.79 Å². The predicted octanol–water partition coefficient (Wildman–Crippen LogP) is 6.42. The van der Waals surface area contributed by atoms with Crippen molar-refractivity contribution in [2.45, 2.75) is 62.3 Å². The van der Waals surface area contributed by atoms with Crippen molar-refractivity contribution in [3.63, 3.8) is 0 Å². The Bertz CT molecular complexity index is 2410. The summed E-state index contributed by atoms with van der Waals surface area (Å²) in [6.07, 6.45) is -1.66. The molecule has 3 amide bonds. The number of nitrogens with zero attached hydrogens (tertiary/aromatic N) is 5. The van der Waals surface area contributed by atoms with Gasteiger partial charge in [-0.15, -0.1) is 5.10 Å². The summed E-state index contributed by atoms with van der Waals surface area (Å²) >= 11 is 1.45. The average molecular weight is 813 g/mol. The maximum absolute atomic E-state index is 13.3. The van der Waals surface area contributed by atoms with E-state index in [0.717, 1.165) is 43.8 Å². The molecule has 1 aromatic heterocycles. The van der Waals surface area contributed by atoms with Crippen molar-refractivity contribution in [1.29, 1.82) is 0 Å². The van der Waals surface area contributed by atoms with Crippen molar-refractivity contribution in [2.75, 3.05) is 5.75 Å². The molecule has 15 heteroatoms. The Morgan fingerprint density at radius 1 is 0.831 bits per heavy atom. The second-order valence-electron chi connectivity index (χ2n) is 14.2. The van der Waals surface area contributed by atoms with Gasteiger partial charge in [0, 0.05) is 17.7 Å². The molecule has 0 spiro atoms. The van der Waals surface area contributed by atoms with E-state index in [2.05, 4.69) is 20.8 Å². The predicted molar refractivity (Wildman–Crippen MR) is 216 cm³/mol. The van der Waals surface area contributed by atoms with Gasteiger partial charge in [0.15, 0.2) is 6.29 Å². The van der Waals surface area contributed by atoms with Gasteiger partial charge in [-0.25, -0.2) is 4.79 Å². The highest BCUT2D eigenvalue weighted by molar-refractivity contribution is 7.99. The standard InChI is InChI=1S/C44H40N6O8S/c51-25-28-12-14-31(15-13-28)39-22-37(27-59-43-46-47-48-50(43)35-16-18-36(52)19-17-35)57-42(58-39)34-11-5-10-33(21-34)32-9-4-8-30(20-32)24-49-40(53)23-38(41(49)54)45-44(55)56-26-29-6-2-1-3-7-29/h1-21,37-39,42,51-52H,22-27H2,(H,45,55). The molecular formula is C44H40N6O8S. The number of aromatic nitrogens is 4. The first-order valence-electron chi connectivity index (χ1n) is 19.0. The summed E-state index contributed by atoms with van der Waals surface area (Å²) in [5.74, 6) is -0.210. The molecule has 6 aromatic rings. The van der Waals surface area contributed by atoms with Crippen molar-refractivity contribution < 1.29 is 38.8 Å². The second kappa shape index (κ2) is 18.0. The quantitative estimate of drug-likeness (QED) is 0.0863. The zero-order valence-corrected chi connectivity index (χ0v) is 32.5. The number of ether oxygens (including phenoxy) is 3. The number of aliphatic hydroxyl groups excluding tert-OH is 1. The number of amides is 3. The number of likely N-dealkylation sites (tertiary alicyclic amines) is 1. The molecule has 59 heavy (non-hydrogen) atoms. The fourth-order valence-corrected chi connectivity index (χ4v) is 7.89. The minimum atomic E-state index is -1.01. The largest absolute Gasteiger partial charge is 0.508 e. The fourth-order valence-electron chi connectivity index (χ4n) is 6.98. The highest BCUT2D eigenvalue weighted by Crippen LogP contribution is 2.40. The normalized spacial score (nSPS) is 19.2. The molecule has 3 N–H and O–H groups in total. The van der Waals surface area contributed by atoms with E-state index in [4.69, 9.17) is 14.2 Å². The number of tetrazole rings is 1. The number of thioether (sulfide) groups is 1. The van der Waals surface area contributed by atoms with Crippen LogP contribution in [0, 0.1) is 0 Å². The van der Waals surface area contributed by atoms with Gasteiger partial charge in [-0.1, -0.05) is 103 Å². The van der Waals surface area contributed by atoms with Crippen LogP contribution in [0.5, 0.6) is 5.75 Å². The Labute approximate surface area is 343 Å². The molecule has 3 heterocycles. The van der Waals surface area contributed by atoms with E-state index in [1.165, 1.54) is 11.8 Å². The molecule has 5 aromatic carbocycles. The average Bonchev–Trinajstić information content (AvgIpc) is 3.85. The Morgan fingerprint density at radius 2 is 1.58 bits per heavy atom. The molecule has 4 atom stereocenters. The van der Waals surface area contributed by atoms with Crippen molar-refractivity contribution in [3.05, 3.63) is 155 Å². The second-order valence-corrected chi connectivity index (χ2v) is 15.1. The van der Waals surface area contributed by atoms with E-state index in [1.807, 2.05) is 103 Å². The van der Waals surface area contributed by atoms with Gasteiger partial charge in [0.05, 0.1) is 37.5 Å². The van der Waals surface area contributed by atoms with Gasteiger partial charge in [0.25, 0.3) is 5.91 Å². The SMILES string of the molecule is O=C(NC1CC(=O)N(Cc2cccc(-c3cccc(C4OC(CSc5nnnn5-c5ccc(O)cc5)CC(c5ccc(CO)cc5)O4)c3)c2)C1=O)OCc1ccccc1. The van der Waals surface area contributed by atoms with Gasteiger partial charge in [-0.2, -0.15) is 4.68 Å². The van der Waals surface area contributed by atoms with Crippen LogP contribution in [0.2, 0.25) is 0 Å². The van der Waals surface area contributed by atoms with E-state index in [0.29, 0.717) is 23.0 Å². The highest BCUT2D eigenvalue weighted by atomic mass is 32.2. The van der Waals surface area contributed by atoms with Gasteiger partial charge in [-0.3, -0.25) is 14.5 Å². The maximum Gasteiger partial charge on any atom is 0.408 e. The van der Waals surface area contributed by atoms with Crippen LogP contribution in [0.15, 0.2) is 133 Å². The summed E-state index contributed by atoms with van der Waals surface area (Å²) in [5, 5.41) is 34.7. The number of nitrogens with one attached hydrogen (secondary N) is 1. The summed E-state index contributed by atoms with van der Waals surface area (Å²) in [6, 6.07) is 37.9. The fraction of sp³-hybridized carbons (Fsp3) is 0.227. The summed E-state index contributed by atoms with van der Waals surface area (Å²) in [4.78, 5) is 39.9. The number of hydrogen-bond acceptors (Lipinski definition) is 12. The number of alkyl carbamates (subject to hydrolysis) is 1. The van der Waals surface area contributed by atoms with E-state index in [9.17, 15) is 24.6 Å². The summed E-state index contributed by atoms with van der Waals surface area (Å²) < 4.78 is 20.1. The van der Waals surface area contributed by atoms with Crippen LogP contribution in [0.1, 0.15) is 53.1 Å². The molecule has 2 saturated heterocycles. The van der Waals surface area contributed by atoms with Gasteiger partial charge in [0.2, 0.25) is 11.1 Å². The van der Waals surface area contributed by atoms with Crippen molar-refractivity contribution in [3.8, 4) is 22.6 Å². The molecular weight excluding hydrogens is 773 g/mol. The third-order valence-corrected chi connectivity index (χ3v) is 11.1. The number of phenolic OH excluding ortho intramolecular Hbond substituents is 1. The molecule has 8 rings (SSSR count). The summed E-state index contributed by atoms with van der Waals surface area (Å²) in [6.45, 7) is 0.0296. The Kier molecular flexibility index (Phi) is 12.1. The van der Waals surface area contributed by atoms with Gasteiger partial charge < -0.3 is 29.7 Å². The van der Waals surface area contributed by atoms with Gasteiger partial charge in [-0.05, 0) is 80.2 Å². The van der Waals surface area contributed by atoms with Gasteiger partial charge >= 0.3 is 6.09 Å². The minimum Gasteiger partial charge on any atom is -0.508 e. The number of phenols is 1. The van der Waals surface area contributed by atoms with Crippen molar-refractivity contribution >= 4 is 29.7 Å². The monoisotopic (exact) mass is 812 g/mol. The first-order chi connectivity index (χ1) is 28.8. The number of benzene rings is 5. The lowest BCUT2D eigenvalue weighted by Gasteiger charge is -2.36. The number of rotatable bonds is 13. The van der Waals surface area contributed by atoms with E-state index >= 15 is 0 Å². The number of aliphatic hydroxyl groups is 1. The lowest BCUT2D eigenvalue weighted by molar-refractivity contribution is -0.245.